The first-order valence-corrected chi connectivity index (χ1v) is 10.1. The van der Waals surface area contributed by atoms with Crippen LogP contribution in [0.4, 0.5) is 5.69 Å². The second kappa shape index (κ2) is 10.1. The van der Waals surface area contributed by atoms with Crippen LogP contribution in [0.25, 0.3) is 0 Å². The van der Waals surface area contributed by atoms with Crippen LogP contribution in [0, 0.1) is 0 Å². The number of ether oxygens (including phenoxy) is 2. The Morgan fingerprint density at radius 3 is 2.23 bits per heavy atom. The Balaban J connectivity index is 1.64. The molecule has 1 saturated heterocycles. The van der Waals surface area contributed by atoms with Crippen molar-refractivity contribution in [1.29, 1.82) is 0 Å². The number of benzene rings is 2. The third-order valence-corrected chi connectivity index (χ3v) is 5.14. The normalized spacial score (nSPS) is 14.1. The van der Waals surface area contributed by atoms with Gasteiger partial charge in [0.15, 0.2) is 12.4 Å². The van der Waals surface area contributed by atoms with Crippen molar-refractivity contribution in [3.8, 4) is 11.5 Å². The number of Topliss-reactive ketones (excluding diaryl/α,β-unsaturated/α-hetero) is 1. The van der Waals surface area contributed by atoms with Crippen LogP contribution >= 0.6 is 0 Å². The van der Waals surface area contributed by atoms with Crippen molar-refractivity contribution in [2.45, 2.75) is 6.92 Å². The van der Waals surface area contributed by atoms with E-state index in [2.05, 4.69) is 10.2 Å². The first-order chi connectivity index (χ1) is 14.9. The number of hydrogen-bond donors (Lipinski definition) is 1. The lowest BCUT2D eigenvalue weighted by atomic mass is 10.1. The van der Waals surface area contributed by atoms with Crippen molar-refractivity contribution >= 4 is 23.3 Å². The van der Waals surface area contributed by atoms with E-state index >= 15 is 0 Å². The fourth-order valence-corrected chi connectivity index (χ4v) is 3.25. The highest BCUT2D eigenvalue weighted by Gasteiger charge is 2.21. The average Bonchev–Trinajstić information content (AvgIpc) is 2.78. The molecule has 2 aromatic carbocycles. The lowest BCUT2D eigenvalue weighted by Crippen LogP contribution is -2.47. The number of carbonyl (C=O) groups excluding carboxylic acids is 3. The van der Waals surface area contributed by atoms with Crippen molar-refractivity contribution in [2.24, 2.45) is 0 Å². The van der Waals surface area contributed by atoms with Gasteiger partial charge in [-0.05, 0) is 56.4 Å². The molecule has 0 bridgehead atoms. The van der Waals surface area contributed by atoms with E-state index in [1.54, 1.807) is 47.4 Å². The predicted octanol–water partition coefficient (Wildman–Crippen LogP) is 2.30. The summed E-state index contributed by atoms with van der Waals surface area (Å²) in [7, 11) is 3.53. The van der Waals surface area contributed by atoms with E-state index in [4.69, 9.17) is 9.47 Å². The van der Waals surface area contributed by atoms with Crippen molar-refractivity contribution in [1.82, 2.24) is 9.80 Å². The minimum absolute atomic E-state index is 0.0395. The smallest absolute Gasteiger partial charge is 0.262 e. The summed E-state index contributed by atoms with van der Waals surface area (Å²) in [5, 5.41) is 2.74. The maximum absolute atomic E-state index is 12.8. The fraction of sp³-hybridized carbons (Fsp3) is 0.348. The minimum atomic E-state index is -0.391. The molecule has 1 N–H and O–H groups in total. The summed E-state index contributed by atoms with van der Waals surface area (Å²) in [5.74, 6) is 0.425. The molecule has 0 aromatic heterocycles. The molecule has 0 spiro atoms. The summed E-state index contributed by atoms with van der Waals surface area (Å²) in [6.45, 7) is 4.25. The average molecular weight is 425 g/mol. The number of amides is 2. The monoisotopic (exact) mass is 425 g/mol. The van der Waals surface area contributed by atoms with Gasteiger partial charge in [0.1, 0.15) is 11.5 Å². The SMILES string of the molecule is COc1ccc(C(=O)N2CCN(C)CC2)cc1NC(=O)COc1ccc(C(C)=O)cc1. The van der Waals surface area contributed by atoms with Crippen LogP contribution in [-0.2, 0) is 4.79 Å². The third kappa shape index (κ3) is 5.82. The molecule has 0 saturated carbocycles. The predicted molar refractivity (Wildman–Crippen MR) is 117 cm³/mol. The van der Waals surface area contributed by atoms with Crippen LogP contribution in [-0.4, -0.2) is 74.3 Å². The van der Waals surface area contributed by atoms with Gasteiger partial charge in [-0.1, -0.05) is 0 Å². The molecule has 31 heavy (non-hydrogen) atoms. The van der Waals surface area contributed by atoms with E-state index < -0.39 is 5.91 Å². The molecular weight excluding hydrogens is 398 g/mol. The molecule has 2 amide bonds. The van der Waals surface area contributed by atoms with Gasteiger partial charge < -0.3 is 24.6 Å². The molecule has 0 atom stereocenters. The zero-order chi connectivity index (χ0) is 22.4. The Labute approximate surface area is 181 Å². The van der Waals surface area contributed by atoms with Crippen molar-refractivity contribution in [3.05, 3.63) is 53.6 Å². The van der Waals surface area contributed by atoms with Crippen LogP contribution in [0.1, 0.15) is 27.6 Å². The Hall–Kier alpha value is -3.39. The number of rotatable bonds is 7. The van der Waals surface area contributed by atoms with E-state index in [-0.39, 0.29) is 18.3 Å². The van der Waals surface area contributed by atoms with Crippen LogP contribution < -0.4 is 14.8 Å². The van der Waals surface area contributed by atoms with Crippen LogP contribution in [0.3, 0.4) is 0 Å². The van der Waals surface area contributed by atoms with Gasteiger partial charge in [0.2, 0.25) is 0 Å². The van der Waals surface area contributed by atoms with E-state index in [1.165, 1.54) is 14.0 Å². The number of carbonyl (C=O) groups is 3. The lowest BCUT2D eigenvalue weighted by Gasteiger charge is -2.32. The molecule has 8 nitrogen and oxygen atoms in total. The van der Waals surface area contributed by atoms with Gasteiger partial charge in [0, 0.05) is 37.3 Å². The van der Waals surface area contributed by atoms with E-state index in [1.807, 2.05) is 7.05 Å². The molecule has 1 aliphatic heterocycles. The van der Waals surface area contributed by atoms with Gasteiger partial charge in [-0.2, -0.15) is 0 Å². The molecule has 1 aliphatic rings. The first kappa shape index (κ1) is 22.3. The van der Waals surface area contributed by atoms with Crippen LogP contribution in [0.5, 0.6) is 11.5 Å². The Bertz CT molecular complexity index is 950. The second-order valence-corrected chi connectivity index (χ2v) is 7.43. The number of hydrogen-bond acceptors (Lipinski definition) is 6. The number of piperazine rings is 1. The minimum Gasteiger partial charge on any atom is -0.495 e. The van der Waals surface area contributed by atoms with Gasteiger partial charge in [-0.3, -0.25) is 14.4 Å². The summed E-state index contributed by atoms with van der Waals surface area (Å²) >= 11 is 0. The lowest BCUT2D eigenvalue weighted by molar-refractivity contribution is -0.118. The molecule has 8 heteroatoms. The number of nitrogens with one attached hydrogen (secondary N) is 1. The molecular formula is C23H27N3O5. The summed E-state index contributed by atoms with van der Waals surface area (Å²) in [6.07, 6.45) is 0. The third-order valence-electron chi connectivity index (χ3n) is 5.14. The van der Waals surface area contributed by atoms with Gasteiger partial charge in [0.25, 0.3) is 11.8 Å². The largest absolute Gasteiger partial charge is 0.495 e. The van der Waals surface area contributed by atoms with Crippen molar-refractivity contribution < 1.29 is 23.9 Å². The molecule has 164 valence electrons. The number of nitrogens with zero attached hydrogens (tertiary/aromatic N) is 2. The zero-order valence-corrected chi connectivity index (χ0v) is 18.0. The van der Waals surface area contributed by atoms with Crippen molar-refractivity contribution in [2.75, 3.05) is 52.3 Å². The van der Waals surface area contributed by atoms with Gasteiger partial charge in [-0.15, -0.1) is 0 Å². The zero-order valence-electron chi connectivity index (χ0n) is 18.0. The van der Waals surface area contributed by atoms with Gasteiger partial charge in [0.05, 0.1) is 12.8 Å². The van der Waals surface area contributed by atoms with E-state index in [0.29, 0.717) is 41.4 Å². The Morgan fingerprint density at radius 2 is 1.61 bits per heavy atom. The van der Waals surface area contributed by atoms with Gasteiger partial charge in [-0.25, -0.2) is 0 Å². The summed E-state index contributed by atoms with van der Waals surface area (Å²) in [6, 6.07) is 11.6. The second-order valence-electron chi connectivity index (χ2n) is 7.43. The maximum Gasteiger partial charge on any atom is 0.262 e. The molecule has 2 aromatic rings. The van der Waals surface area contributed by atoms with Crippen molar-refractivity contribution in [3.63, 3.8) is 0 Å². The Morgan fingerprint density at radius 1 is 0.968 bits per heavy atom. The molecule has 3 rings (SSSR count). The summed E-state index contributed by atoms with van der Waals surface area (Å²) < 4.78 is 10.8. The molecule has 0 aliphatic carbocycles. The van der Waals surface area contributed by atoms with E-state index in [9.17, 15) is 14.4 Å². The van der Waals surface area contributed by atoms with Crippen LogP contribution in [0.15, 0.2) is 42.5 Å². The number of methoxy groups -OCH3 is 1. The Kier molecular flexibility index (Phi) is 7.25. The molecule has 1 heterocycles. The summed E-state index contributed by atoms with van der Waals surface area (Å²) in [5.41, 5.74) is 1.47. The topological polar surface area (TPSA) is 88.2 Å². The fourth-order valence-electron chi connectivity index (χ4n) is 3.25. The highest BCUT2D eigenvalue weighted by atomic mass is 16.5. The van der Waals surface area contributed by atoms with E-state index in [0.717, 1.165) is 13.1 Å². The number of anilines is 1. The standard InChI is InChI=1S/C23H27N3O5/c1-16(27)17-4-7-19(8-5-17)31-15-22(28)24-20-14-18(6-9-21(20)30-3)23(29)26-12-10-25(2)11-13-26/h4-9,14H,10-13,15H2,1-3H3,(H,24,28). The maximum atomic E-state index is 12.8. The quantitative estimate of drug-likeness (QED) is 0.685. The highest BCUT2D eigenvalue weighted by molar-refractivity contribution is 5.99. The summed E-state index contributed by atoms with van der Waals surface area (Å²) in [4.78, 5) is 40.6. The van der Waals surface area contributed by atoms with Crippen LogP contribution in [0.2, 0.25) is 0 Å². The number of likely N-dealkylation sites (N-methyl/N-ethyl adjacent to an activating group) is 1. The first-order valence-electron chi connectivity index (χ1n) is 10.1. The van der Waals surface area contributed by atoms with Gasteiger partial charge >= 0.3 is 0 Å². The number of ketones is 1. The molecule has 1 fully saturated rings. The molecule has 0 unspecified atom stereocenters. The molecule has 0 radical (unpaired) electrons. The highest BCUT2D eigenvalue weighted by Crippen LogP contribution is 2.26.